The Hall–Kier alpha value is -1.13. The first-order chi connectivity index (χ1) is 8.78. The monoisotopic (exact) mass is 249 g/mol. The summed E-state index contributed by atoms with van der Waals surface area (Å²) in [5, 5.41) is 3.52. The first kappa shape index (κ1) is 13.3. The lowest BCUT2D eigenvalue weighted by atomic mass is 9.98. The van der Waals surface area contributed by atoms with Gasteiger partial charge in [-0.05, 0) is 44.5 Å². The van der Waals surface area contributed by atoms with Crippen molar-refractivity contribution in [2.24, 2.45) is 5.92 Å². The van der Waals surface area contributed by atoms with Crippen LogP contribution in [0.4, 0.5) is 0 Å². The number of hydrogen-bond acceptors (Lipinski definition) is 4. The molecule has 0 amide bonds. The van der Waals surface area contributed by atoms with Crippen molar-refractivity contribution in [2.45, 2.75) is 19.4 Å². The highest BCUT2D eigenvalue weighted by atomic mass is 16.5. The molecule has 2 rings (SSSR count). The molecule has 1 aliphatic rings. The lowest BCUT2D eigenvalue weighted by Gasteiger charge is -2.29. The van der Waals surface area contributed by atoms with E-state index in [1.54, 1.807) is 7.11 Å². The molecule has 0 bridgehead atoms. The Morgan fingerprint density at radius 2 is 2.39 bits per heavy atom. The van der Waals surface area contributed by atoms with Gasteiger partial charge in [0, 0.05) is 25.4 Å². The Labute approximate surface area is 109 Å². The Balaban J connectivity index is 1.70. The summed E-state index contributed by atoms with van der Waals surface area (Å²) in [6, 6.07) is 3.97. The van der Waals surface area contributed by atoms with Crippen LogP contribution in [0.25, 0.3) is 0 Å². The highest BCUT2D eigenvalue weighted by molar-refractivity contribution is 5.17. The number of nitrogens with zero attached hydrogens (tertiary/aromatic N) is 2. The molecule has 4 heteroatoms. The highest BCUT2D eigenvalue weighted by Crippen LogP contribution is 2.14. The minimum absolute atomic E-state index is 0.674. The molecule has 1 fully saturated rings. The van der Waals surface area contributed by atoms with Crippen molar-refractivity contribution in [1.29, 1.82) is 0 Å². The molecular weight excluding hydrogens is 226 g/mol. The van der Waals surface area contributed by atoms with Gasteiger partial charge in [-0.2, -0.15) is 0 Å². The van der Waals surface area contributed by atoms with Crippen LogP contribution >= 0.6 is 0 Å². The molecule has 1 unspecified atom stereocenters. The summed E-state index contributed by atoms with van der Waals surface area (Å²) in [6.45, 7) is 4.44. The molecule has 0 aromatic carbocycles. The van der Waals surface area contributed by atoms with Gasteiger partial charge in [0.05, 0.1) is 7.11 Å². The van der Waals surface area contributed by atoms with Gasteiger partial charge >= 0.3 is 0 Å². The van der Waals surface area contributed by atoms with Crippen LogP contribution in [0.1, 0.15) is 18.4 Å². The zero-order valence-electron chi connectivity index (χ0n) is 11.4. The number of methoxy groups -OCH3 is 1. The quantitative estimate of drug-likeness (QED) is 0.858. The molecule has 1 aliphatic heterocycles. The Morgan fingerprint density at radius 1 is 1.50 bits per heavy atom. The average molecular weight is 249 g/mol. The number of likely N-dealkylation sites (tertiary alicyclic amines) is 1. The van der Waals surface area contributed by atoms with Gasteiger partial charge in [0.1, 0.15) is 0 Å². The van der Waals surface area contributed by atoms with Crippen LogP contribution in [0.5, 0.6) is 5.88 Å². The van der Waals surface area contributed by atoms with E-state index in [1.807, 2.05) is 12.3 Å². The number of rotatable bonds is 5. The number of piperidine rings is 1. The number of ether oxygens (including phenoxy) is 1. The predicted molar refractivity (Wildman–Crippen MR) is 72.7 cm³/mol. The Kier molecular flexibility index (Phi) is 4.96. The smallest absolute Gasteiger partial charge is 0.212 e. The second kappa shape index (κ2) is 6.71. The van der Waals surface area contributed by atoms with Crippen molar-refractivity contribution in [3.05, 3.63) is 23.9 Å². The fourth-order valence-electron chi connectivity index (χ4n) is 2.50. The van der Waals surface area contributed by atoms with E-state index >= 15 is 0 Å². The topological polar surface area (TPSA) is 37.4 Å². The number of nitrogens with one attached hydrogen (secondary N) is 1. The molecule has 100 valence electrons. The minimum Gasteiger partial charge on any atom is -0.481 e. The summed E-state index contributed by atoms with van der Waals surface area (Å²) in [7, 11) is 3.85. The maximum atomic E-state index is 5.04. The van der Waals surface area contributed by atoms with Crippen molar-refractivity contribution in [1.82, 2.24) is 15.2 Å². The molecule has 1 aromatic rings. The second-order valence-electron chi connectivity index (χ2n) is 5.11. The van der Waals surface area contributed by atoms with Gasteiger partial charge in [0.15, 0.2) is 0 Å². The molecule has 18 heavy (non-hydrogen) atoms. The van der Waals surface area contributed by atoms with Crippen LogP contribution in [0.15, 0.2) is 18.3 Å². The van der Waals surface area contributed by atoms with Gasteiger partial charge in [-0.1, -0.05) is 6.07 Å². The zero-order chi connectivity index (χ0) is 12.8. The van der Waals surface area contributed by atoms with Crippen molar-refractivity contribution < 1.29 is 4.74 Å². The van der Waals surface area contributed by atoms with E-state index in [1.165, 1.54) is 31.5 Å². The first-order valence-corrected chi connectivity index (χ1v) is 6.66. The molecule has 1 aromatic heterocycles. The Morgan fingerprint density at radius 3 is 3.06 bits per heavy atom. The normalized spacial score (nSPS) is 20.9. The van der Waals surface area contributed by atoms with Gasteiger partial charge in [0.25, 0.3) is 0 Å². The summed E-state index contributed by atoms with van der Waals surface area (Å²) in [5.41, 5.74) is 1.21. The number of hydrogen-bond donors (Lipinski definition) is 1. The molecule has 1 N–H and O–H groups in total. The maximum absolute atomic E-state index is 5.04. The van der Waals surface area contributed by atoms with E-state index < -0.39 is 0 Å². The van der Waals surface area contributed by atoms with Crippen molar-refractivity contribution in [3.63, 3.8) is 0 Å². The highest BCUT2D eigenvalue weighted by Gasteiger charge is 2.16. The van der Waals surface area contributed by atoms with Crippen LogP contribution in [0.2, 0.25) is 0 Å². The maximum Gasteiger partial charge on any atom is 0.212 e. The van der Waals surface area contributed by atoms with Gasteiger partial charge in [-0.3, -0.25) is 0 Å². The third kappa shape index (κ3) is 3.96. The van der Waals surface area contributed by atoms with Gasteiger partial charge < -0.3 is 15.0 Å². The van der Waals surface area contributed by atoms with E-state index in [-0.39, 0.29) is 0 Å². The predicted octanol–water partition coefficient (Wildman–Crippen LogP) is 1.52. The molecule has 2 heterocycles. The van der Waals surface area contributed by atoms with Gasteiger partial charge in [0.2, 0.25) is 5.88 Å². The molecule has 0 saturated carbocycles. The van der Waals surface area contributed by atoms with E-state index in [9.17, 15) is 0 Å². The van der Waals surface area contributed by atoms with E-state index in [0.717, 1.165) is 19.0 Å². The molecule has 1 atom stereocenters. The van der Waals surface area contributed by atoms with Crippen LogP contribution in [0.3, 0.4) is 0 Å². The fourth-order valence-corrected chi connectivity index (χ4v) is 2.50. The largest absolute Gasteiger partial charge is 0.481 e. The molecular formula is C14H23N3O. The third-order valence-electron chi connectivity index (χ3n) is 3.49. The molecule has 0 spiro atoms. The zero-order valence-corrected chi connectivity index (χ0v) is 11.4. The first-order valence-electron chi connectivity index (χ1n) is 6.66. The van der Waals surface area contributed by atoms with Crippen molar-refractivity contribution >= 4 is 0 Å². The lowest BCUT2D eigenvalue weighted by Crippen LogP contribution is -2.37. The summed E-state index contributed by atoms with van der Waals surface area (Å²) in [4.78, 5) is 6.63. The van der Waals surface area contributed by atoms with Crippen LogP contribution < -0.4 is 10.1 Å². The minimum atomic E-state index is 0.674. The third-order valence-corrected chi connectivity index (χ3v) is 3.49. The molecule has 0 radical (unpaired) electrons. The van der Waals surface area contributed by atoms with Gasteiger partial charge in [-0.15, -0.1) is 0 Å². The summed E-state index contributed by atoms with van der Waals surface area (Å²) in [5.74, 6) is 1.46. The van der Waals surface area contributed by atoms with E-state index in [4.69, 9.17) is 4.74 Å². The molecule has 1 saturated heterocycles. The number of pyridine rings is 1. The standard InChI is InChI=1S/C14H23N3O/c1-17-7-3-4-13(11-17)9-15-8-12-5-6-14(18-2)16-10-12/h5-6,10,13,15H,3-4,7-9,11H2,1-2H3. The average Bonchev–Trinajstić information content (AvgIpc) is 2.40. The summed E-state index contributed by atoms with van der Waals surface area (Å²) < 4.78 is 5.04. The van der Waals surface area contributed by atoms with E-state index in [0.29, 0.717) is 5.88 Å². The number of aromatic nitrogens is 1. The van der Waals surface area contributed by atoms with Crippen LogP contribution in [0, 0.1) is 5.92 Å². The fraction of sp³-hybridized carbons (Fsp3) is 0.643. The Bertz CT molecular complexity index is 353. The molecule has 4 nitrogen and oxygen atoms in total. The molecule has 0 aliphatic carbocycles. The van der Waals surface area contributed by atoms with Crippen LogP contribution in [-0.2, 0) is 6.54 Å². The lowest BCUT2D eigenvalue weighted by molar-refractivity contribution is 0.206. The van der Waals surface area contributed by atoms with Gasteiger partial charge in [-0.25, -0.2) is 4.98 Å². The van der Waals surface area contributed by atoms with E-state index in [2.05, 4.69) is 28.3 Å². The summed E-state index contributed by atoms with van der Waals surface area (Å²) in [6.07, 6.45) is 4.55. The van der Waals surface area contributed by atoms with Crippen molar-refractivity contribution in [2.75, 3.05) is 33.8 Å². The second-order valence-corrected chi connectivity index (χ2v) is 5.11. The van der Waals surface area contributed by atoms with Crippen molar-refractivity contribution in [3.8, 4) is 5.88 Å². The summed E-state index contributed by atoms with van der Waals surface area (Å²) >= 11 is 0. The van der Waals surface area contributed by atoms with Crippen LogP contribution in [-0.4, -0.2) is 43.7 Å². The SMILES string of the molecule is COc1ccc(CNCC2CCCN(C)C2)cn1.